The van der Waals surface area contributed by atoms with E-state index >= 15 is 0 Å². The second kappa shape index (κ2) is 2.14. The largest absolute Gasteiger partial charge is 0.120 e. The van der Waals surface area contributed by atoms with Gasteiger partial charge >= 0.3 is 0 Å². The minimum Gasteiger partial charge on any atom is -0.120 e. The Hall–Kier alpha value is -0.440. The Balaban J connectivity index is 2.01. The summed E-state index contributed by atoms with van der Waals surface area (Å²) in [6, 6.07) is 0. The van der Waals surface area contributed by atoms with Crippen molar-refractivity contribution in [3.8, 4) is 12.3 Å². The molecule has 4 fully saturated rings. The highest BCUT2D eigenvalue weighted by atomic mass is 14.6. The molecule has 4 aliphatic carbocycles. The summed E-state index contributed by atoms with van der Waals surface area (Å²) in [6.07, 6.45) is 14.2. The van der Waals surface area contributed by atoms with E-state index in [1.807, 2.05) is 0 Å². The van der Waals surface area contributed by atoms with E-state index in [1.165, 1.54) is 38.5 Å². The third-order valence-electron chi connectivity index (χ3n) is 4.66. The Bertz CT molecular complexity index is 267. The zero-order valence-electron chi connectivity index (χ0n) is 8.47. The van der Waals surface area contributed by atoms with Crippen LogP contribution in [0.15, 0.2) is 0 Å². The molecule has 0 nitrogen and oxygen atoms in total. The standard InChI is InChI=1S/C13H18/c1-3-13-7-10-4-11(8-13)6-12(2,5-10)9-13/h1,10-11H,4-9H2,2H3. The Labute approximate surface area is 81.1 Å². The van der Waals surface area contributed by atoms with Crippen molar-refractivity contribution in [2.45, 2.75) is 45.4 Å². The molecule has 0 aromatic carbocycles. The van der Waals surface area contributed by atoms with Crippen LogP contribution in [0, 0.1) is 35.0 Å². The summed E-state index contributed by atoms with van der Waals surface area (Å²) in [4.78, 5) is 0. The molecular formula is C13H18. The summed E-state index contributed by atoms with van der Waals surface area (Å²) in [5.41, 5.74) is 0.954. The SMILES string of the molecule is C#CC12CC3CC(CC(C)(C3)C1)C2. The smallest absolute Gasteiger partial charge is 0.0322 e. The topological polar surface area (TPSA) is 0 Å². The number of hydrogen-bond donors (Lipinski definition) is 0. The zero-order chi connectivity index (χ0) is 9.10. The lowest BCUT2D eigenvalue weighted by molar-refractivity contribution is -0.0728. The molecule has 0 heteroatoms. The van der Waals surface area contributed by atoms with Gasteiger partial charge < -0.3 is 0 Å². The van der Waals surface area contributed by atoms with E-state index < -0.39 is 0 Å². The van der Waals surface area contributed by atoms with Gasteiger partial charge in [-0.1, -0.05) is 12.8 Å². The molecule has 0 saturated heterocycles. The highest BCUT2D eigenvalue weighted by Crippen LogP contribution is 2.64. The predicted octanol–water partition coefficient (Wildman–Crippen LogP) is 3.23. The Kier molecular flexibility index (Phi) is 1.30. The highest BCUT2D eigenvalue weighted by Gasteiger charge is 2.54. The summed E-state index contributed by atoms with van der Waals surface area (Å²) in [5.74, 6) is 5.08. The fraction of sp³-hybridized carbons (Fsp3) is 0.846. The van der Waals surface area contributed by atoms with Crippen LogP contribution in [0.2, 0.25) is 0 Å². The first-order valence-electron chi connectivity index (χ1n) is 5.61. The van der Waals surface area contributed by atoms with Crippen molar-refractivity contribution in [2.75, 3.05) is 0 Å². The molecule has 0 aromatic heterocycles. The molecule has 2 atom stereocenters. The van der Waals surface area contributed by atoms with Crippen LogP contribution in [0.4, 0.5) is 0 Å². The normalized spacial score (nSPS) is 57.8. The van der Waals surface area contributed by atoms with Gasteiger partial charge in [0.2, 0.25) is 0 Å². The molecule has 2 unspecified atom stereocenters. The molecule has 0 aromatic rings. The van der Waals surface area contributed by atoms with E-state index in [4.69, 9.17) is 6.42 Å². The first-order valence-corrected chi connectivity index (χ1v) is 5.61. The molecule has 0 aliphatic heterocycles. The van der Waals surface area contributed by atoms with Crippen LogP contribution >= 0.6 is 0 Å². The van der Waals surface area contributed by atoms with Crippen LogP contribution in [0.5, 0.6) is 0 Å². The van der Waals surface area contributed by atoms with E-state index in [9.17, 15) is 0 Å². The Morgan fingerprint density at radius 3 is 2.23 bits per heavy atom. The molecule has 4 rings (SSSR count). The van der Waals surface area contributed by atoms with Crippen molar-refractivity contribution >= 4 is 0 Å². The van der Waals surface area contributed by atoms with Crippen LogP contribution in [-0.4, -0.2) is 0 Å². The van der Waals surface area contributed by atoms with Crippen molar-refractivity contribution in [1.29, 1.82) is 0 Å². The maximum absolute atomic E-state index is 5.74. The van der Waals surface area contributed by atoms with Gasteiger partial charge in [0.15, 0.2) is 0 Å². The Morgan fingerprint density at radius 2 is 1.77 bits per heavy atom. The van der Waals surface area contributed by atoms with Gasteiger partial charge in [0.05, 0.1) is 0 Å². The van der Waals surface area contributed by atoms with E-state index in [0.717, 1.165) is 11.8 Å². The van der Waals surface area contributed by atoms with Gasteiger partial charge in [-0.3, -0.25) is 0 Å². The van der Waals surface area contributed by atoms with Crippen molar-refractivity contribution in [2.24, 2.45) is 22.7 Å². The fourth-order valence-corrected chi connectivity index (χ4v) is 4.89. The van der Waals surface area contributed by atoms with Gasteiger partial charge in [-0.05, 0) is 55.8 Å². The average molecular weight is 174 g/mol. The van der Waals surface area contributed by atoms with Gasteiger partial charge in [-0.25, -0.2) is 0 Å². The lowest BCUT2D eigenvalue weighted by Gasteiger charge is -2.59. The fourth-order valence-electron chi connectivity index (χ4n) is 4.89. The quantitative estimate of drug-likeness (QED) is 0.495. The van der Waals surface area contributed by atoms with Crippen molar-refractivity contribution in [3.05, 3.63) is 0 Å². The van der Waals surface area contributed by atoms with Gasteiger partial charge in [0.25, 0.3) is 0 Å². The number of hydrogen-bond acceptors (Lipinski definition) is 0. The van der Waals surface area contributed by atoms with Gasteiger partial charge in [-0.15, -0.1) is 6.42 Å². The number of rotatable bonds is 0. The first kappa shape index (κ1) is 7.92. The van der Waals surface area contributed by atoms with E-state index in [-0.39, 0.29) is 0 Å². The van der Waals surface area contributed by atoms with Crippen molar-refractivity contribution in [3.63, 3.8) is 0 Å². The van der Waals surface area contributed by atoms with Crippen LogP contribution in [-0.2, 0) is 0 Å². The van der Waals surface area contributed by atoms with Crippen LogP contribution in [0.3, 0.4) is 0 Å². The van der Waals surface area contributed by atoms with Gasteiger partial charge in [0, 0.05) is 5.41 Å². The van der Waals surface area contributed by atoms with Crippen LogP contribution < -0.4 is 0 Å². The van der Waals surface area contributed by atoms with E-state index in [1.54, 1.807) is 0 Å². The third kappa shape index (κ3) is 0.997. The van der Waals surface area contributed by atoms with Gasteiger partial charge in [-0.2, -0.15) is 0 Å². The lowest BCUT2D eigenvalue weighted by atomic mass is 9.45. The second-order valence-corrected chi connectivity index (χ2v) is 6.20. The highest BCUT2D eigenvalue weighted by molar-refractivity contribution is 5.17. The van der Waals surface area contributed by atoms with Crippen LogP contribution in [0.1, 0.15) is 45.4 Å². The first-order chi connectivity index (χ1) is 6.13. The molecular weight excluding hydrogens is 156 g/mol. The molecule has 0 radical (unpaired) electrons. The minimum absolute atomic E-state index is 0.332. The summed E-state index contributed by atoms with van der Waals surface area (Å²) in [7, 11) is 0. The Morgan fingerprint density at radius 1 is 1.15 bits per heavy atom. The van der Waals surface area contributed by atoms with Gasteiger partial charge in [0.1, 0.15) is 0 Å². The zero-order valence-corrected chi connectivity index (χ0v) is 8.47. The monoisotopic (exact) mass is 174 g/mol. The summed E-state index contributed by atoms with van der Waals surface area (Å²) >= 11 is 0. The second-order valence-electron chi connectivity index (χ2n) is 6.20. The average Bonchev–Trinajstić information content (AvgIpc) is 1.99. The molecule has 0 spiro atoms. The maximum Gasteiger partial charge on any atom is 0.0322 e. The van der Waals surface area contributed by atoms with Crippen LogP contribution in [0.25, 0.3) is 0 Å². The predicted molar refractivity (Wildman–Crippen MR) is 54.1 cm³/mol. The van der Waals surface area contributed by atoms with E-state index in [0.29, 0.717) is 10.8 Å². The summed E-state index contributed by atoms with van der Waals surface area (Å²) in [6.45, 7) is 2.47. The maximum atomic E-state index is 5.74. The lowest BCUT2D eigenvalue weighted by Crippen LogP contribution is -2.50. The molecule has 4 bridgehead atoms. The minimum atomic E-state index is 0.332. The van der Waals surface area contributed by atoms with E-state index in [2.05, 4.69) is 12.8 Å². The molecule has 4 saturated carbocycles. The summed E-state index contributed by atoms with van der Waals surface area (Å²) < 4.78 is 0. The molecule has 70 valence electrons. The third-order valence-corrected chi connectivity index (χ3v) is 4.66. The van der Waals surface area contributed by atoms with Crippen molar-refractivity contribution < 1.29 is 0 Å². The number of terminal acetylenes is 1. The molecule has 0 N–H and O–H groups in total. The molecule has 4 aliphatic rings. The van der Waals surface area contributed by atoms with Crippen molar-refractivity contribution in [1.82, 2.24) is 0 Å². The summed E-state index contributed by atoms with van der Waals surface area (Å²) in [5, 5.41) is 0. The molecule has 0 heterocycles. The molecule has 13 heavy (non-hydrogen) atoms. The molecule has 0 amide bonds.